The molecule has 1 aliphatic heterocycles. The Kier molecular flexibility index (Phi) is 5.54. The first-order valence-electron chi connectivity index (χ1n) is 9.66. The lowest BCUT2D eigenvalue weighted by atomic mass is 9.73. The number of fused-ring (bicyclic) bond motifs is 1. The fourth-order valence-corrected chi connectivity index (χ4v) is 4.60. The van der Waals surface area contributed by atoms with Crippen molar-refractivity contribution in [3.05, 3.63) is 64.0 Å². The summed E-state index contributed by atoms with van der Waals surface area (Å²) in [6.45, 7) is 4.71. The number of aromatic amines is 1. The van der Waals surface area contributed by atoms with Crippen molar-refractivity contribution in [2.45, 2.75) is 31.3 Å². The largest absolute Gasteiger partial charge is 0.373 e. The lowest BCUT2D eigenvalue weighted by molar-refractivity contribution is 0.00694. The van der Waals surface area contributed by atoms with E-state index in [4.69, 9.17) is 4.74 Å². The number of H-pyrrole nitrogens is 1. The molecule has 1 aromatic heterocycles. The molecule has 1 aliphatic rings. The van der Waals surface area contributed by atoms with Crippen LogP contribution in [0.2, 0.25) is 0 Å². The van der Waals surface area contributed by atoms with Crippen molar-refractivity contribution in [1.29, 1.82) is 0 Å². The predicted molar refractivity (Wildman–Crippen MR) is 113 cm³/mol. The second kappa shape index (κ2) is 7.93. The van der Waals surface area contributed by atoms with Crippen molar-refractivity contribution in [3.8, 4) is 0 Å². The van der Waals surface area contributed by atoms with E-state index < -0.39 is 0 Å². The third-order valence-electron chi connectivity index (χ3n) is 5.99. The monoisotopic (exact) mass is 445 g/mol. The molecule has 0 bridgehead atoms. The molecule has 1 fully saturated rings. The number of nitrogens with one attached hydrogen (secondary N) is 1. The minimum absolute atomic E-state index is 0.0857. The van der Waals surface area contributed by atoms with Crippen molar-refractivity contribution in [3.63, 3.8) is 0 Å². The van der Waals surface area contributed by atoms with Crippen LogP contribution >= 0.6 is 15.9 Å². The molecule has 4 rings (SSSR count). The molecule has 1 unspecified atom stereocenters. The maximum Gasteiger partial charge on any atom is 0.123 e. The summed E-state index contributed by atoms with van der Waals surface area (Å²) in [7, 11) is 2.15. The highest BCUT2D eigenvalue weighted by Gasteiger charge is 2.36. The molecule has 6 heteroatoms. The Morgan fingerprint density at radius 2 is 1.96 bits per heavy atom. The molecule has 28 heavy (non-hydrogen) atoms. The quantitative estimate of drug-likeness (QED) is 0.586. The van der Waals surface area contributed by atoms with E-state index in [9.17, 15) is 4.39 Å². The van der Waals surface area contributed by atoms with Crippen LogP contribution in [-0.2, 0) is 10.2 Å². The van der Waals surface area contributed by atoms with E-state index >= 15 is 0 Å². The smallest absolute Gasteiger partial charge is 0.123 e. The Hall–Kier alpha value is -1.76. The van der Waals surface area contributed by atoms with Crippen LogP contribution < -0.4 is 0 Å². The van der Waals surface area contributed by atoms with Crippen molar-refractivity contribution >= 4 is 26.8 Å². The van der Waals surface area contributed by atoms with Crippen molar-refractivity contribution in [2.24, 2.45) is 0 Å². The van der Waals surface area contributed by atoms with E-state index in [1.54, 1.807) is 12.1 Å². The molecule has 2 heterocycles. The zero-order valence-electron chi connectivity index (χ0n) is 16.2. The maximum atomic E-state index is 13.5. The van der Waals surface area contributed by atoms with Crippen LogP contribution in [0, 0.1) is 5.82 Å². The molecule has 0 spiro atoms. The minimum atomic E-state index is -0.197. The Balaban J connectivity index is 1.59. The number of benzene rings is 2. The third-order valence-corrected chi connectivity index (χ3v) is 6.45. The summed E-state index contributed by atoms with van der Waals surface area (Å²) in [6, 6.07) is 11.1. The number of rotatable bonds is 5. The van der Waals surface area contributed by atoms with Gasteiger partial charge in [-0.3, -0.25) is 5.10 Å². The summed E-state index contributed by atoms with van der Waals surface area (Å²) >= 11 is 3.59. The van der Waals surface area contributed by atoms with Gasteiger partial charge < -0.3 is 9.64 Å². The van der Waals surface area contributed by atoms with Crippen LogP contribution in [0.25, 0.3) is 10.9 Å². The number of aromatic nitrogens is 2. The van der Waals surface area contributed by atoms with Crippen LogP contribution in [0.4, 0.5) is 4.39 Å². The molecular weight excluding hydrogens is 421 g/mol. The van der Waals surface area contributed by atoms with Crippen molar-refractivity contribution in [1.82, 2.24) is 15.1 Å². The van der Waals surface area contributed by atoms with E-state index in [1.165, 1.54) is 0 Å². The van der Waals surface area contributed by atoms with Gasteiger partial charge >= 0.3 is 0 Å². The Morgan fingerprint density at radius 3 is 2.68 bits per heavy atom. The molecule has 2 aromatic carbocycles. The summed E-state index contributed by atoms with van der Waals surface area (Å²) in [6.07, 6.45) is 3.74. The predicted octanol–water partition coefficient (Wildman–Crippen LogP) is 5.21. The highest BCUT2D eigenvalue weighted by atomic mass is 79.9. The van der Waals surface area contributed by atoms with Gasteiger partial charge in [0.05, 0.1) is 24.4 Å². The average Bonchev–Trinajstić information content (AvgIpc) is 3.16. The topological polar surface area (TPSA) is 41.1 Å². The molecule has 0 amide bonds. The standard InChI is InChI=1S/C22H25BrFN3O/c1-15(20-12-18(23)11-16-13-25-26-21(16)20)28-14-22(7-9-27(2)10-8-22)17-3-5-19(24)6-4-17/h3-6,11-13,15H,7-10,14H2,1-2H3,(H,25,26). The van der Waals surface area contributed by atoms with E-state index in [-0.39, 0.29) is 17.3 Å². The zero-order chi connectivity index (χ0) is 19.7. The van der Waals surface area contributed by atoms with Crippen LogP contribution in [-0.4, -0.2) is 41.8 Å². The van der Waals surface area contributed by atoms with Crippen LogP contribution in [0.15, 0.2) is 47.1 Å². The normalized spacial score (nSPS) is 18.4. The summed E-state index contributed by atoms with van der Waals surface area (Å²) in [5, 5.41) is 8.32. The van der Waals surface area contributed by atoms with Gasteiger partial charge in [0.2, 0.25) is 0 Å². The zero-order valence-corrected chi connectivity index (χ0v) is 17.8. The van der Waals surface area contributed by atoms with E-state index in [2.05, 4.69) is 51.1 Å². The SMILES string of the molecule is CC(OCC1(c2ccc(F)cc2)CCN(C)CC1)c1cc(Br)cc2cn[nH]c12. The minimum Gasteiger partial charge on any atom is -0.373 e. The maximum absolute atomic E-state index is 13.5. The Morgan fingerprint density at radius 1 is 1.25 bits per heavy atom. The molecule has 0 aliphatic carbocycles. The molecule has 1 atom stereocenters. The number of hydrogen-bond acceptors (Lipinski definition) is 3. The molecule has 1 saturated heterocycles. The van der Waals surface area contributed by atoms with Gasteiger partial charge in [0, 0.05) is 20.8 Å². The van der Waals surface area contributed by atoms with E-state index in [1.807, 2.05) is 24.4 Å². The fraction of sp³-hybridized carbons (Fsp3) is 0.409. The Labute approximate surface area is 173 Å². The van der Waals surface area contributed by atoms with Gasteiger partial charge in [0.15, 0.2) is 0 Å². The first-order valence-corrected chi connectivity index (χ1v) is 10.4. The molecule has 1 N–H and O–H groups in total. The van der Waals surface area contributed by atoms with E-state index in [0.29, 0.717) is 6.61 Å². The third kappa shape index (κ3) is 3.86. The number of piperidine rings is 1. The molecule has 148 valence electrons. The molecule has 4 nitrogen and oxygen atoms in total. The first kappa shape index (κ1) is 19.6. The number of ether oxygens (including phenoxy) is 1. The number of likely N-dealkylation sites (tertiary alicyclic amines) is 1. The van der Waals surface area contributed by atoms with Crippen LogP contribution in [0.5, 0.6) is 0 Å². The summed E-state index contributed by atoms with van der Waals surface area (Å²) < 4.78 is 20.9. The van der Waals surface area contributed by atoms with Crippen LogP contribution in [0.1, 0.15) is 37.0 Å². The van der Waals surface area contributed by atoms with E-state index in [0.717, 1.165) is 52.4 Å². The number of halogens is 2. The van der Waals surface area contributed by atoms with Crippen molar-refractivity contribution in [2.75, 3.05) is 26.7 Å². The summed E-state index contributed by atoms with van der Waals surface area (Å²) in [5.74, 6) is -0.197. The summed E-state index contributed by atoms with van der Waals surface area (Å²) in [5.41, 5.74) is 3.17. The number of hydrogen-bond donors (Lipinski definition) is 1. The number of nitrogens with zero attached hydrogens (tertiary/aromatic N) is 2. The molecule has 3 aromatic rings. The fourth-order valence-electron chi connectivity index (χ4n) is 4.11. The van der Waals surface area contributed by atoms with Gasteiger partial charge in [-0.1, -0.05) is 28.1 Å². The molecular formula is C22H25BrFN3O. The molecule has 0 saturated carbocycles. The van der Waals surface area contributed by atoms with Gasteiger partial charge in [-0.25, -0.2) is 4.39 Å². The first-order chi connectivity index (χ1) is 13.5. The van der Waals surface area contributed by atoms with Crippen LogP contribution in [0.3, 0.4) is 0 Å². The highest BCUT2D eigenvalue weighted by Crippen LogP contribution is 2.38. The molecule has 0 radical (unpaired) electrons. The second-order valence-corrected chi connectivity index (χ2v) is 8.79. The van der Waals surface area contributed by atoms with Gasteiger partial charge in [-0.2, -0.15) is 5.10 Å². The van der Waals surface area contributed by atoms with Gasteiger partial charge in [-0.05, 0) is 69.7 Å². The summed E-state index contributed by atoms with van der Waals surface area (Å²) in [4.78, 5) is 2.34. The second-order valence-electron chi connectivity index (χ2n) is 7.87. The lowest BCUT2D eigenvalue weighted by Crippen LogP contribution is -2.44. The van der Waals surface area contributed by atoms with Crippen molar-refractivity contribution < 1.29 is 9.13 Å². The lowest BCUT2D eigenvalue weighted by Gasteiger charge is -2.41. The van der Waals surface area contributed by atoms with Gasteiger partial charge in [0.1, 0.15) is 5.82 Å². The average molecular weight is 446 g/mol. The van der Waals surface area contributed by atoms with Gasteiger partial charge in [-0.15, -0.1) is 0 Å². The Bertz CT molecular complexity index is 948. The highest BCUT2D eigenvalue weighted by molar-refractivity contribution is 9.10. The van der Waals surface area contributed by atoms with Gasteiger partial charge in [0.25, 0.3) is 0 Å².